The second kappa shape index (κ2) is 6.43. The summed E-state index contributed by atoms with van der Waals surface area (Å²) in [5.41, 5.74) is 0. The molecular weight excluding hydrogens is 698 g/mol. The summed E-state index contributed by atoms with van der Waals surface area (Å²) in [5.74, 6) is 0. The molecule has 0 saturated carbocycles. The van der Waals surface area contributed by atoms with Gasteiger partial charge in [0.25, 0.3) is 0 Å². The Labute approximate surface area is 140 Å². The molecular formula is C16H26Pb2Zr. The average Bonchev–Trinajstić information content (AvgIpc) is 2.83. The summed E-state index contributed by atoms with van der Waals surface area (Å²) in [7, 11) is 0. The van der Waals surface area contributed by atoms with Crippen molar-refractivity contribution in [3.05, 3.63) is 37.1 Å². The van der Waals surface area contributed by atoms with Crippen LogP contribution in [0.5, 0.6) is 0 Å². The van der Waals surface area contributed by atoms with E-state index in [0.29, 0.717) is 0 Å². The van der Waals surface area contributed by atoms with Gasteiger partial charge in [0, 0.05) is 0 Å². The molecule has 19 heavy (non-hydrogen) atoms. The Bertz CT molecular complexity index is 448. The van der Waals surface area contributed by atoms with Crippen LogP contribution in [0, 0.1) is 0 Å². The van der Waals surface area contributed by atoms with Gasteiger partial charge in [-0.25, -0.2) is 0 Å². The molecule has 0 aromatic heterocycles. The van der Waals surface area contributed by atoms with E-state index < -0.39 is 65.6 Å². The first-order valence-electron chi connectivity index (χ1n) is 7.27. The van der Waals surface area contributed by atoms with Gasteiger partial charge < -0.3 is 0 Å². The van der Waals surface area contributed by atoms with Gasteiger partial charge in [0.2, 0.25) is 0 Å². The Morgan fingerprint density at radius 3 is 1.42 bits per heavy atom. The molecule has 0 unspecified atom stereocenters. The van der Waals surface area contributed by atoms with E-state index in [2.05, 4.69) is 51.2 Å². The topological polar surface area (TPSA) is 0 Å². The molecule has 0 fully saturated rings. The van der Waals surface area contributed by atoms with Gasteiger partial charge in [0.15, 0.2) is 0 Å². The third kappa shape index (κ3) is 4.34. The van der Waals surface area contributed by atoms with Crippen LogP contribution in [0.15, 0.2) is 37.1 Å². The molecule has 0 amide bonds. The van der Waals surface area contributed by atoms with Crippen molar-refractivity contribution in [1.29, 1.82) is 0 Å². The van der Waals surface area contributed by atoms with E-state index in [1.807, 2.05) is 12.8 Å². The van der Waals surface area contributed by atoms with Gasteiger partial charge in [-0.3, -0.25) is 0 Å². The Morgan fingerprint density at radius 2 is 1.11 bits per heavy atom. The van der Waals surface area contributed by atoms with Crippen molar-refractivity contribution in [3.63, 3.8) is 0 Å². The van der Waals surface area contributed by atoms with Crippen LogP contribution in [0.4, 0.5) is 0 Å². The van der Waals surface area contributed by atoms with Crippen molar-refractivity contribution >= 4 is 42.3 Å². The fourth-order valence-electron chi connectivity index (χ4n) is 2.83. The summed E-state index contributed by atoms with van der Waals surface area (Å²) >= 11 is -4.44. The number of rotatable bonds is 4. The van der Waals surface area contributed by atoms with E-state index in [-0.39, 0.29) is 0 Å². The minimum atomic E-state index is -1.99. The molecule has 3 heteroatoms. The molecule has 0 bridgehead atoms. The SMILES string of the molecule is [CH3][Pb]([CH3])([CH3])[C]1=[C]([Zr][C]2=[C]([Pb]([CH3])([CH3])[CH3])C=CC2)CC=C1. The van der Waals surface area contributed by atoms with Crippen LogP contribution in [0.1, 0.15) is 12.8 Å². The molecule has 0 nitrogen and oxygen atoms in total. The van der Waals surface area contributed by atoms with Crippen LogP contribution in [-0.4, -0.2) is 42.3 Å². The van der Waals surface area contributed by atoms with Gasteiger partial charge in [-0.05, 0) is 0 Å². The second-order valence-corrected chi connectivity index (χ2v) is 50.4. The van der Waals surface area contributed by atoms with Gasteiger partial charge in [0.05, 0.1) is 0 Å². The predicted molar refractivity (Wildman–Crippen MR) is 88.3 cm³/mol. The van der Waals surface area contributed by atoms with Crippen LogP contribution in [0.25, 0.3) is 0 Å². The van der Waals surface area contributed by atoms with Gasteiger partial charge in [-0.1, -0.05) is 0 Å². The van der Waals surface area contributed by atoms with Gasteiger partial charge in [0.1, 0.15) is 0 Å². The third-order valence-corrected chi connectivity index (χ3v) is 28.6. The molecule has 0 heterocycles. The summed E-state index contributed by atoms with van der Waals surface area (Å²) in [5, 5.41) is 0. The first-order valence-corrected chi connectivity index (χ1v) is 36.9. The van der Waals surface area contributed by atoms with E-state index in [1.54, 1.807) is 0 Å². The van der Waals surface area contributed by atoms with Gasteiger partial charge >= 0.3 is 142 Å². The number of allylic oxidation sites excluding steroid dienone is 8. The Balaban J connectivity index is 2.28. The molecule has 2 aliphatic rings. The van der Waals surface area contributed by atoms with Crippen molar-refractivity contribution < 1.29 is 23.2 Å². The van der Waals surface area contributed by atoms with Crippen molar-refractivity contribution in [2.24, 2.45) is 0 Å². The average molecular weight is 724 g/mol. The number of hydrogen-bond acceptors (Lipinski definition) is 0. The molecule has 2 aliphatic carbocycles. The van der Waals surface area contributed by atoms with Crippen LogP contribution < -0.4 is 0 Å². The molecule has 0 radical (unpaired) electrons. The fraction of sp³-hybridized carbons (Fsp3) is 0.500. The summed E-state index contributed by atoms with van der Waals surface area (Å²) in [6, 6.07) is 0. The van der Waals surface area contributed by atoms with E-state index in [9.17, 15) is 0 Å². The quantitative estimate of drug-likeness (QED) is 0.348. The van der Waals surface area contributed by atoms with Crippen LogP contribution in [0.3, 0.4) is 0 Å². The molecule has 0 aliphatic heterocycles. The normalized spacial score (nSPS) is 19.9. The molecule has 102 valence electrons. The van der Waals surface area contributed by atoms with E-state index in [4.69, 9.17) is 0 Å². The van der Waals surface area contributed by atoms with E-state index in [1.165, 1.54) is 12.8 Å². The zero-order valence-electron chi connectivity index (χ0n) is 13.2. The molecule has 0 saturated heterocycles. The first kappa shape index (κ1) is 17.0. The molecule has 0 aromatic rings. The minimum absolute atomic E-state index is 0.463. The maximum absolute atomic E-state index is 2.59. The van der Waals surface area contributed by atoms with Crippen molar-refractivity contribution in [1.82, 2.24) is 0 Å². The zero-order valence-corrected chi connectivity index (χ0v) is 23.5. The van der Waals surface area contributed by atoms with E-state index >= 15 is 0 Å². The van der Waals surface area contributed by atoms with Crippen molar-refractivity contribution in [3.8, 4) is 0 Å². The molecule has 0 spiro atoms. The number of hydrogen-bond donors (Lipinski definition) is 0. The molecule has 2 rings (SSSR count). The Kier molecular flexibility index (Phi) is 5.77. The standard InChI is InChI=1S/2C5H4.6CH3.2Pb.Zr/c2*1-2-4-5-3-1;;;;;;;;;/h2*1-2H,3H2;6*1H3;;;. The van der Waals surface area contributed by atoms with Crippen LogP contribution >= 0.6 is 0 Å². The second-order valence-electron chi connectivity index (χ2n) is 7.62. The maximum atomic E-state index is 2.59. The monoisotopic (exact) mass is 724 g/mol. The summed E-state index contributed by atoms with van der Waals surface area (Å²) in [4.78, 5) is 0. The zero-order chi connectivity index (χ0) is 14.3. The summed E-state index contributed by atoms with van der Waals surface area (Å²) in [6.07, 6.45) is 12.5. The molecule has 0 atom stereocenters. The first-order chi connectivity index (χ1) is 8.69. The van der Waals surface area contributed by atoms with Crippen LogP contribution in [-0.2, 0) is 23.2 Å². The summed E-state index contributed by atoms with van der Waals surface area (Å²) in [6.45, 7) is 0. The molecule has 0 N–H and O–H groups in total. The van der Waals surface area contributed by atoms with Gasteiger partial charge in [-0.2, -0.15) is 0 Å². The summed E-state index contributed by atoms with van der Waals surface area (Å²) < 4.78 is 23.1. The van der Waals surface area contributed by atoms with E-state index in [0.717, 1.165) is 0 Å². The Hall–Kier alpha value is 1.69. The van der Waals surface area contributed by atoms with Crippen LogP contribution in [0.2, 0.25) is 26.9 Å². The van der Waals surface area contributed by atoms with Crippen molar-refractivity contribution in [2.75, 3.05) is 0 Å². The fourth-order valence-corrected chi connectivity index (χ4v) is 37.6. The predicted octanol–water partition coefficient (Wildman–Crippen LogP) is 5.25. The molecule has 0 aromatic carbocycles. The Morgan fingerprint density at radius 1 is 0.737 bits per heavy atom. The van der Waals surface area contributed by atoms with Gasteiger partial charge in [-0.15, -0.1) is 0 Å². The third-order valence-electron chi connectivity index (χ3n) is 3.78. The van der Waals surface area contributed by atoms with Crippen molar-refractivity contribution in [2.45, 2.75) is 39.7 Å².